The van der Waals surface area contributed by atoms with Crippen LogP contribution in [0.5, 0.6) is 17.2 Å². The van der Waals surface area contributed by atoms with Crippen LogP contribution in [0.3, 0.4) is 0 Å². The number of phenols is 1. The Kier molecular flexibility index (Phi) is 2.85. The van der Waals surface area contributed by atoms with Gasteiger partial charge in [-0.25, -0.2) is 0 Å². The van der Waals surface area contributed by atoms with Gasteiger partial charge < -0.3 is 25.2 Å². The fourth-order valence-electron chi connectivity index (χ4n) is 2.86. The first-order chi connectivity index (χ1) is 10.7. The molecule has 0 bridgehead atoms. The van der Waals surface area contributed by atoms with E-state index in [0.717, 1.165) is 34.7 Å². The molecular formula is C17H16N2O3. The zero-order chi connectivity index (χ0) is 15.1. The summed E-state index contributed by atoms with van der Waals surface area (Å²) in [5.74, 6) is 2.45. The summed E-state index contributed by atoms with van der Waals surface area (Å²) in [7, 11) is 1.64. The number of ether oxygens (including phenoxy) is 2. The molecule has 3 N–H and O–H groups in total. The van der Waals surface area contributed by atoms with Crippen LogP contribution in [0.25, 0.3) is 0 Å². The lowest BCUT2D eigenvalue weighted by Crippen LogP contribution is -2.24. The molecule has 2 aliphatic heterocycles. The molecule has 0 aromatic heterocycles. The molecule has 5 nitrogen and oxygen atoms in total. The van der Waals surface area contributed by atoms with Gasteiger partial charge in [-0.2, -0.15) is 0 Å². The summed E-state index contributed by atoms with van der Waals surface area (Å²) in [6.45, 7) is 0. The van der Waals surface area contributed by atoms with E-state index in [4.69, 9.17) is 9.47 Å². The Morgan fingerprint density at radius 2 is 2.05 bits per heavy atom. The van der Waals surface area contributed by atoms with Gasteiger partial charge in [0.05, 0.1) is 12.8 Å². The molecule has 0 spiro atoms. The third kappa shape index (κ3) is 2.02. The Labute approximate surface area is 128 Å². The Balaban J connectivity index is 1.61. The maximum Gasteiger partial charge on any atom is 0.215 e. The maximum absolute atomic E-state index is 9.63. The second-order valence-electron chi connectivity index (χ2n) is 5.35. The first-order valence-electron chi connectivity index (χ1n) is 7.13. The highest BCUT2D eigenvalue weighted by Gasteiger charge is 2.31. The largest absolute Gasteiger partial charge is 0.508 e. The fraction of sp³-hybridized carbons (Fsp3) is 0.176. The molecular weight excluding hydrogens is 280 g/mol. The molecule has 5 heteroatoms. The minimum atomic E-state index is -0.114. The lowest BCUT2D eigenvalue weighted by atomic mass is 10.1. The van der Waals surface area contributed by atoms with Crippen molar-refractivity contribution >= 4 is 0 Å². The smallest absolute Gasteiger partial charge is 0.215 e. The number of rotatable bonds is 2. The van der Waals surface area contributed by atoms with Crippen LogP contribution in [0.4, 0.5) is 0 Å². The Hall–Kier alpha value is -2.82. The summed E-state index contributed by atoms with van der Waals surface area (Å²) >= 11 is 0. The molecule has 1 unspecified atom stereocenters. The number of methoxy groups -OCH3 is 1. The normalized spacial score (nSPS) is 18.7. The monoisotopic (exact) mass is 296 g/mol. The van der Waals surface area contributed by atoms with Gasteiger partial charge in [0.15, 0.2) is 11.5 Å². The number of nitrogens with one attached hydrogen (secondary N) is 2. The molecule has 4 rings (SSSR count). The van der Waals surface area contributed by atoms with Crippen LogP contribution in [0, 0.1) is 0 Å². The highest BCUT2D eigenvalue weighted by atomic mass is 16.5. The quantitative estimate of drug-likeness (QED) is 0.794. The number of aromatic hydroxyl groups is 1. The van der Waals surface area contributed by atoms with Crippen molar-refractivity contribution in [3.05, 3.63) is 65.2 Å². The molecule has 0 amide bonds. The van der Waals surface area contributed by atoms with E-state index >= 15 is 0 Å². The van der Waals surface area contributed by atoms with Crippen LogP contribution in [0.2, 0.25) is 0 Å². The third-order valence-electron chi connectivity index (χ3n) is 3.92. The van der Waals surface area contributed by atoms with E-state index in [-0.39, 0.29) is 11.9 Å². The van der Waals surface area contributed by atoms with Gasteiger partial charge in [-0.3, -0.25) is 0 Å². The number of benzene rings is 2. The summed E-state index contributed by atoms with van der Waals surface area (Å²) in [4.78, 5) is 0. The van der Waals surface area contributed by atoms with Gasteiger partial charge in [0.2, 0.25) is 5.88 Å². The van der Waals surface area contributed by atoms with E-state index < -0.39 is 0 Å². The minimum absolute atomic E-state index is 0.114. The van der Waals surface area contributed by atoms with Gasteiger partial charge in [-0.1, -0.05) is 24.3 Å². The molecule has 2 aliphatic rings. The molecule has 0 radical (unpaired) electrons. The lowest BCUT2D eigenvalue weighted by molar-refractivity contribution is 0.330. The van der Waals surface area contributed by atoms with Crippen LogP contribution in [-0.2, 0) is 6.42 Å². The molecule has 22 heavy (non-hydrogen) atoms. The van der Waals surface area contributed by atoms with Crippen molar-refractivity contribution in [3.63, 3.8) is 0 Å². The molecule has 2 heterocycles. The van der Waals surface area contributed by atoms with Gasteiger partial charge in [-0.15, -0.1) is 0 Å². The van der Waals surface area contributed by atoms with E-state index in [1.165, 1.54) is 0 Å². The van der Waals surface area contributed by atoms with Crippen molar-refractivity contribution in [2.24, 2.45) is 0 Å². The van der Waals surface area contributed by atoms with Crippen molar-refractivity contribution in [2.45, 2.75) is 12.6 Å². The standard InChI is InChI=1S/C17H16N2O3/c1-21-14-7-3-4-10-9-13-17(22-15(10)14)19-16(18-13)11-5-2-6-12(20)8-11/h2-8,16,18-20H,9H2,1H3. The van der Waals surface area contributed by atoms with Gasteiger partial charge in [0, 0.05) is 12.0 Å². The van der Waals surface area contributed by atoms with Crippen LogP contribution < -0.4 is 20.1 Å². The Bertz CT molecular complexity index is 770. The molecule has 0 fully saturated rings. The Morgan fingerprint density at radius 1 is 1.18 bits per heavy atom. The van der Waals surface area contributed by atoms with Crippen LogP contribution >= 0.6 is 0 Å². The zero-order valence-electron chi connectivity index (χ0n) is 12.1. The van der Waals surface area contributed by atoms with E-state index in [0.29, 0.717) is 5.88 Å². The maximum atomic E-state index is 9.63. The van der Waals surface area contributed by atoms with E-state index in [9.17, 15) is 5.11 Å². The van der Waals surface area contributed by atoms with E-state index in [1.807, 2.05) is 30.3 Å². The van der Waals surface area contributed by atoms with Crippen LogP contribution in [0.1, 0.15) is 17.3 Å². The number of para-hydroxylation sites is 1. The average Bonchev–Trinajstić information content (AvgIpc) is 2.95. The number of hydrogen-bond donors (Lipinski definition) is 3. The first kappa shape index (κ1) is 12.9. The molecule has 0 saturated carbocycles. The minimum Gasteiger partial charge on any atom is -0.508 e. The predicted octanol–water partition coefficient (Wildman–Crippen LogP) is 2.40. The van der Waals surface area contributed by atoms with Gasteiger partial charge >= 0.3 is 0 Å². The molecule has 0 saturated heterocycles. The number of hydrogen-bond acceptors (Lipinski definition) is 5. The Morgan fingerprint density at radius 3 is 2.86 bits per heavy atom. The predicted molar refractivity (Wildman–Crippen MR) is 81.5 cm³/mol. The second-order valence-corrected chi connectivity index (χ2v) is 5.35. The second kappa shape index (κ2) is 4.87. The average molecular weight is 296 g/mol. The number of allylic oxidation sites excluding steroid dienone is 1. The van der Waals surface area contributed by atoms with Crippen molar-refractivity contribution in [3.8, 4) is 17.2 Å². The summed E-state index contributed by atoms with van der Waals surface area (Å²) in [6.07, 6.45) is 0.641. The zero-order valence-corrected chi connectivity index (χ0v) is 12.1. The van der Waals surface area contributed by atoms with E-state index in [1.54, 1.807) is 19.2 Å². The summed E-state index contributed by atoms with van der Waals surface area (Å²) in [5, 5.41) is 16.3. The van der Waals surface area contributed by atoms with Crippen molar-refractivity contribution in [1.82, 2.24) is 10.6 Å². The third-order valence-corrected chi connectivity index (χ3v) is 3.92. The topological polar surface area (TPSA) is 62.8 Å². The molecule has 112 valence electrons. The van der Waals surface area contributed by atoms with Crippen LogP contribution in [0.15, 0.2) is 54.0 Å². The van der Waals surface area contributed by atoms with Gasteiger partial charge in [0.25, 0.3) is 0 Å². The molecule has 2 aromatic rings. The van der Waals surface area contributed by atoms with Crippen molar-refractivity contribution in [1.29, 1.82) is 0 Å². The summed E-state index contributed by atoms with van der Waals surface area (Å²) in [6, 6.07) is 13.0. The summed E-state index contributed by atoms with van der Waals surface area (Å²) in [5.41, 5.74) is 3.05. The molecule has 0 aliphatic carbocycles. The molecule has 1 atom stereocenters. The van der Waals surface area contributed by atoms with E-state index in [2.05, 4.69) is 10.6 Å². The van der Waals surface area contributed by atoms with Crippen molar-refractivity contribution < 1.29 is 14.6 Å². The highest BCUT2D eigenvalue weighted by molar-refractivity contribution is 5.52. The van der Waals surface area contributed by atoms with Crippen molar-refractivity contribution in [2.75, 3.05) is 7.11 Å². The van der Waals surface area contributed by atoms with Crippen LogP contribution in [-0.4, -0.2) is 12.2 Å². The van der Waals surface area contributed by atoms with Gasteiger partial charge in [0.1, 0.15) is 11.9 Å². The highest BCUT2D eigenvalue weighted by Crippen LogP contribution is 2.39. The first-order valence-corrected chi connectivity index (χ1v) is 7.13. The SMILES string of the molecule is COc1cccc2c1OC1=C(C2)NC(c2cccc(O)c2)N1. The molecule has 2 aromatic carbocycles. The number of fused-ring (bicyclic) bond motifs is 1. The van der Waals surface area contributed by atoms with Gasteiger partial charge in [-0.05, 0) is 23.8 Å². The fourth-order valence-corrected chi connectivity index (χ4v) is 2.86. The lowest BCUT2D eigenvalue weighted by Gasteiger charge is -2.20. The number of phenolic OH excluding ortho intramolecular Hbond substituents is 1. The summed E-state index contributed by atoms with van der Waals surface area (Å²) < 4.78 is 11.3.